The summed E-state index contributed by atoms with van der Waals surface area (Å²) in [4.78, 5) is 0. The first-order valence-electron chi connectivity index (χ1n) is 6.44. The standard InChI is InChI=1S/2C8H10N2O/c2*1-11-7-4-2-6(3-5-7)8(9)10/h2*2-5H,1H3,(H3,9,10). The number of nitrogens with two attached hydrogens (primary N) is 2. The van der Waals surface area contributed by atoms with Gasteiger partial charge in [-0.25, -0.2) is 0 Å². The Hall–Kier alpha value is -3.02. The first-order chi connectivity index (χ1) is 10.5. The summed E-state index contributed by atoms with van der Waals surface area (Å²) in [6, 6.07) is 14.1. The molecule has 0 atom stereocenters. The van der Waals surface area contributed by atoms with Gasteiger partial charge in [-0.2, -0.15) is 0 Å². The van der Waals surface area contributed by atoms with Crippen molar-refractivity contribution in [3.05, 3.63) is 59.7 Å². The van der Waals surface area contributed by atoms with Crippen LogP contribution in [-0.4, -0.2) is 25.9 Å². The lowest BCUT2D eigenvalue weighted by Gasteiger charge is -2.00. The molecule has 0 unspecified atom stereocenters. The van der Waals surface area contributed by atoms with E-state index in [1.807, 2.05) is 0 Å². The molecule has 2 aromatic rings. The average Bonchev–Trinajstić information content (AvgIpc) is 2.55. The molecule has 0 bridgehead atoms. The van der Waals surface area contributed by atoms with Gasteiger partial charge in [0.2, 0.25) is 0 Å². The van der Waals surface area contributed by atoms with Crippen LogP contribution in [0.4, 0.5) is 0 Å². The zero-order chi connectivity index (χ0) is 16.5. The van der Waals surface area contributed by atoms with Crippen LogP contribution in [0.1, 0.15) is 11.1 Å². The summed E-state index contributed by atoms with van der Waals surface area (Å²) in [6.07, 6.45) is 0. The lowest BCUT2D eigenvalue weighted by molar-refractivity contribution is 0.414. The molecule has 0 aliphatic rings. The molecule has 0 saturated carbocycles. The van der Waals surface area contributed by atoms with Gasteiger partial charge >= 0.3 is 0 Å². The molecule has 0 aromatic heterocycles. The second-order valence-electron chi connectivity index (χ2n) is 4.28. The van der Waals surface area contributed by atoms with E-state index in [-0.39, 0.29) is 11.7 Å². The van der Waals surface area contributed by atoms with Gasteiger partial charge in [-0.05, 0) is 48.5 Å². The molecule has 6 nitrogen and oxygen atoms in total. The molecule has 2 aromatic carbocycles. The van der Waals surface area contributed by atoms with E-state index in [2.05, 4.69) is 0 Å². The Balaban J connectivity index is 0.000000220. The van der Waals surface area contributed by atoms with Crippen LogP contribution in [0.5, 0.6) is 11.5 Å². The Morgan fingerprint density at radius 3 is 1.14 bits per heavy atom. The van der Waals surface area contributed by atoms with Gasteiger partial charge in [0.25, 0.3) is 0 Å². The van der Waals surface area contributed by atoms with E-state index in [1.165, 1.54) is 0 Å². The molecule has 0 spiro atoms. The van der Waals surface area contributed by atoms with Gasteiger partial charge in [0, 0.05) is 11.1 Å². The summed E-state index contributed by atoms with van der Waals surface area (Å²) in [7, 11) is 3.20. The molecule has 6 heteroatoms. The number of nitrogen functional groups attached to an aromatic ring is 2. The highest BCUT2D eigenvalue weighted by Crippen LogP contribution is 2.10. The lowest BCUT2D eigenvalue weighted by Crippen LogP contribution is -2.10. The Bertz CT molecular complexity index is 564. The minimum absolute atomic E-state index is 0.0765. The topological polar surface area (TPSA) is 118 Å². The summed E-state index contributed by atoms with van der Waals surface area (Å²) in [5, 5.41) is 14.2. The fraction of sp³-hybridized carbons (Fsp3) is 0.125. The second kappa shape index (κ2) is 8.31. The smallest absolute Gasteiger partial charge is 0.122 e. The molecule has 116 valence electrons. The number of amidine groups is 2. The van der Waals surface area contributed by atoms with Crippen molar-refractivity contribution in [1.82, 2.24) is 0 Å². The first-order valence-corrected chi connectivity index (χ1v) is 6.44. The Kier molecular flexibility index (Phi) is 6.43. The van der Waals surface area contributed by atoms with Gasteiger partial charge in [-0.3, -0.25) is 10.8 Å². The number of benzene rings is 2. The number of methoxy groups -OCH3 is 2. The molecule has 6 N–H and O–H groups in total. The molecule has 0 saturated heterocycles. The van der Waals surface area contributed by atoms with E-state index >= 15 is 0 Å². The predicted molar refractivity (Wildman–Crippen MR) is 88.0 cm³/mol. The van der Waals surface area contributed by atoms with Crippen molar-refractivity contribution >= 4 is 11.7 Å². The summed E-state index contributed by atoms with van der Waals surface area (Å²) in [5.74, 6) is 1.70. The highest BCUT2D eigenvalue weighted by molar-refractivity contribution is 5.95. The molecule has 0 heterocycles. The maximum Gasteiger partial charge on any atom is 0.122 e. The summed E-state index contributed by atoms with van der Waals surface area (Å²) < 4.78 is 9.88. The van der Waals surface area contributed by atoms with Gasteiger partial charge in [0.1, 0.15) is 23.2 Å². The van der Waals surface area contributed by atoms with Crippen LogP contribution in [0.2, 0.25) is 0 Å². The zero-order valence-corrected chi connectivity index (χ0v) is 12.6. The average molecular weight is 300 g/mol. The maximum atomic E-state index is 7.10. The Morgan fingerprint density at radius 1 is 0.682 bits per heavy atom. The minimum Gasteiger partial charge on any atom is -0.497 e. The molecule has 0 radical (unpaired) electrons. The largest absolute Gasteiger partial charge is 0.497 e. The van der Waals surface area contributed by atoms with E-state index in [9.17, 15) is 0 Å². The summed E-state index contributed by atoms with van der Waals surface area (Å²) in [5.41, 5.74) is 11.9. The quantitative estimate of drug-likeness (QED) is 0.510. The molecule has 22 heavy (non-hydrogen) atoms. The highest BCUT2D eigenvalue weighted by atomic mass is 16.5. The fourth-order valence-corrected chi connectivity index (χ4v) is 1.54. The lowest BCUT2D eigenvalue weighted by atomic mass is 10.2. The normalized spacial score (nSPS) is 9.18. The maximum absolute atomic E-state index is 7.10. The Morgan fingerprint density at radius 2 is 0.955 bits per heavy atom. The summed E-state index contributed by atoms with van der Waals surface area (Å²) >= 11 is 0. The SMILES string of the molecule is COc1ccc(C(=N)N)cc1.COc1ccc(C(=N)N)cc1. The van der Waals surface area contributed by atoms with Crippen LogP contribution < -0.4 is 20.9 Å². The van der Waals surface area contributed by atoms with E-state index in [4.69, 9.17) is 31.8 Å². The number of ether oxygens (including phenoxy) is 2. The number of hydrogen-bond donors (Lipinski definition) is 4. The molecule has 0 fully saturated rings. The predicted octanol–water partition coefficient (Wildman–Crippen LogP) is 1.96. The van der Waals surface area contributed by atoms with Crippen molar-refractivity contribution in [1.29, 1.82) is 10.8 Å². The number of nitrogens with one attached hydrogen (secondary N) is 2. The third kappa shape index (κ3) is 5.16. The van der Waals surface area contributed by atoms with Crippen molar-refractivity contribution in [2.75, 3.05) is 14.2 Å². The zero-order valence-electron chi connectivity index (χ0n) is 12.6. The van der Waals surface area contributed by atoms with E-state index in [1.54, 1.807) is 62.8 Å². The fourth-order valence-electron chi connectivity index (χ4n) is 1.54. The van der Waals surface area contributed by atoms with Crippen LogP contribution in [0.15, 0.2) is 48.5 Å². The van der Waals surface area contributed by atoms with Gasteiger partial charge in [-0.15, -0.1) is 0 Å². The van der Waals surface area contributed by atoms with E-state index < -0.39 is 0 Å². The highest BCUT2D eigenvalue weighted by Gasteiger charge is 1.95. The molecule has 2 rings (SSSR count). The minimum atomic E-state index is 0.0765. The molecular formula is C16H20N4O2. The van der Waals surface area contributed by atoms with Gasteiger partial charge < -0.3 is 20.9 Å². The van der Waals surface area contributed by atoms with Crippen molar-refractivity contribution in [3.63, 3.8) is 0 Å². The Labute approximate surface area is 129 Å². The van der Waals surface area contributed by atoms with Crippen molar-refractivity contribution in [2.24, 2.45) is 11.5 Å². The van der Waals surface area contributed by atoms with E-state index in [0.29, 0.717) is 11.1 Å². The van der Waals surface area contributed by atoms with Crippen LogP contribution in [-0.2, 0) is 0 Å². The van der Waals surface area contributed by atoms with Crippen molar-refractivity contribution in [3.8, 4) is 11.5 Å². The number of rotatable bonds is 4. The van der Waals surface area contributed by atoms with Crippen molar-refractivity contribution < 1.29 is 9.47 Å². The van der Waals surface area contributed by atoms with E-state index in [0.717, 1.165) is 11.5 Å². The monoisotopic (exact) mass is 300 g/mol. The molecule has 0 amide bonds. The van der Waals surface area contributed by atoms with Crippen LogP contribution in [0, 0.1) is 10.8 Å². The summed E-state index contributed by atoms with van der Waals surface area (Å²) in [6.45, 7) is 0. The third-order valence-corrected chi connectivity index (χ3v) is 2.80. The second-order valence-corrected chi connectivity index (χ2v) is 4.28. The van der Waals surface area contributed by atoms with Crippen LogP contribution in [0.3, 0.4) is 0 Å². The van der Waals surface area contributed by atoms with Crippen LogP contribution >= 0.6 is 0 Å². The number of hydrogen-bond acceptors (Lipinski definition) is 4. The molecular weight excluding hydrogens is 280 g/mol. The van der Waals surface area contributed by atoms with Crippen LogP contribution in [0.25, 0.3) is 0 Å². The van der Waals surface area contributed by atoms with Gasteiger partial charge in [0.05, 0.1) is 14.2 Å². The first kappa shape index (κ1) is 17.0. The molecule has 0 aliphatic carbocycles. The third-order valence-electron chi connectivity index (χ3n) is 2.80. The van der Waals surface area contributed by atoms with Gasteiger partial charge in [0.15, 0.2) is 0 Å². The van der Waals surface area contributed by atoms with Crippen molar-refractivity contribution in [2.45, 2.75) is 0 Å². The molecule has 0 aliphatic heterocycles. The van der Waals surface area contributed by atoms with Gasteiger partial charge in [-0.1, -0.05) is 0 Å².